The summed E-state index contributed by atoms with van der Waals surface area (Å²) in [5.74, 6) is -4.39. The molecule has 0 atom stereocenters. The Balaban J connectivity index is 2.47. The van der Waals surface area contributed by atoms with Crippen molar-refractivity contribution in [1.29, 1.82) is 0 Å². The van der Waals surface area contributed by atoms with Crippen LogP contribution in [0.4, 0.5) is 22.0 Å². The van der Waals surface area contributed by atoms with Gasteiger partial charge in [0.1, 0.15) is 10.7 Å². The number of aromatic nitrogens is 3. The van der Waals surface area contributed by atoms with Crippen LogP contribution in [0, 0.1) is 18.6 Å². The molecule has 0 fully saturated rings. The number of aliphatic carboxylic acids is 1. The zero-order chi connectivity index (χ0) is 18.1. The Morgan fingerprint density at radius 1 is 1.29 bits per heavy atom. The monoisotopic (exact) mass is 365 g/mol. The van der Waals surface area contributed by atoms with Crippen molar-refractivity contribution in [3.8, 4) is 11.5 Å². The molecule has 11 heteroatoms. The first-order chi connectivity index (χ1) is 11.1. The molecule has 0 amide bonds. The van der Waals surface area contributed by atoms with E-state index in [-0.39, 0.29) is 16.8 Å². The van der Waals surface area contributed by atoms with E-state index < -0.39 is 46.6 Å². The van der Waals surface area contributed by atoms with Gasteiger partial charge >= 0.3 is 12.1 Å². The number of hydrogen-bond acceptors (Lipinski definition) is 5. The highest BCUT2D eigenvalue weighted by molar-refractivity contribution is 7.99. The Hall–Kier alpha value is -2.30. The van der Waals surface area contributed by atoms with Crippen LogP contribution in [-0.2, 0) is 11.0 Å². The number of nitrogens with zero attached hydrogens (tertiary/aromatic N) is 3. The van der Waals surface area contributed by atoms with Gasteiger partial charge in [0.2, 0.25) is 0 Å². The number of aryl methyl sites for hydroxylation is 1. The van der Waals surface area contributed by atoms with Gasteiger partial charge in [-0.1, -0.05) is 11.8 Å². The fourth-order valence-electron chi connectivity index (χ4n) is 1.62. The Morgan fingerprint density at radius 3 is 2.50 bits per heavy atom. The minimum atomic E-state index is -4.77. The fourth-order valence-corrected chi connectivity index (χ4v) is 2.31. The predicted molar refractivity (Wildman–Crippen MR) is 73.3 cm³/mol. The topological polar surface area (TPSA) is 76.0 Å². The first kappa shape index (κ1) is 18.0. The number of carboxylic acids is 1. The molecular weight excluding hydrogens is 357 g/mol. The first-order valence-corrected chi connectivity index (χ1v) is 7.20. The lowest BCUT2D eigenvalue weighted by atomic mass is 10.2. The molecule has 5 nitrogen and oxygen atoms in total. The second kappa shape index (κ2) is 6.67. The summed E-state index contributed by atoms with van der Waals surface area (Å²) in [6.45, 7) is 1.23. The quantitative estimate of drug-likeness (QED) is 0.509. The smallest absolute Gasteiger partial charge is 0.417 e. The highest BCUT2D eigenvalue weighted by atomic mass is 32.2. The third-order valence-corrected chi connectivity index (χ3v) is 3.63. The van der Waals surface area contributed by atoms with E-state index in [1.54, 1.807) is 0 Å². The fraction of sp³-hybridized carbons (Fsp3) is 0.231. The van der Waals surface area contributed by atoms with Gasteiger partial charge in [0.05, 0.1) is 17.0 Å². The summed E-state index contributed by atoms with van der Waals surface area (Å²) in [7, 11) is 0. The Morgan fingerprint density at radius 2 is 1.96 bits per heavy atom. The molecule has 0 aromatic carbocycles. The van der Waals surface area contributed by atoms with Crippen LogP contribution >= 0.6 is 11.8 Å². The highest BCUT2D eigenvalue weighted by Crippen LogP contribution is 2.31. The molecule has 0 aliphatic carbocycles. The van der Waals surface area contributed by atoms with Crippen molar-refractivity contribution in [2.24, 2.45) is 0 Å². The summed E-state index contributed by atoms with van der Waals surface area (Å²) >= 11 is 0.536. The average Bonchev–Trinajstić information content (AvgIpc) is 2.47. The second-order valence-electron chi connectivity index (χ2n) is 4.49. The molecule has 2 aromatic heterocycles. The summed E-state index contributed by atoms with van der Waals surface area (Å²) in [6.07, 6.45) is -4.36. The lowest BCUT2D eigenvalue weighted by Crippen LogP contribution is -2.08. The van der Waals surface area contributed by atoms with E-state index >= 15 is 0 Å². The van der Waals surface area contributed by atoms with Gasteiger partial charge in [0.25, 0.3) is 0 Å². The summed E-state index contributed by atoms with van der Waals surface area (Å²) in [6, 6.07) is 0.231. The van der Waals surface area contributed by atoms with E-state index in [1.165, 1.54) is 6.92 Å². The molecule has 0 saturated heterocycles. The molecule has 0 aliphatic rings. The van der Waals surface area contributed by atoms with Crippen LogP contribution in [0.2, 0.25) is 0 Å². The third-order valence-electron chi connectivity index (χ3n) is 2.70. The van der Waals surface area contributed by atoms with Crippen LogP contribution in [0.5, 0.6) is 0 Å². The maximum Gasteiger partial charge on any atom is 0.417 e. The van der Waals surface area contributed by atoms with Crippen molar-refractivity contribution in [3.05, 3.63) is 35.2 Å². The maximum absolute atomic E-state index is 13.9. The van der Waals surface area contributed by atoms with Crippen molar-refractivity contribution in [2.75, 3.05) is 5.75 Å². The van der Waals surface area contributed by atoms with Crippen LogP contribution in [0.1, 0.15) is 11.3 Å². The number of alkyl halides is 3. The molecular formula is C13H8F5N3O2S. The van der Waals surface area contributed by atoms with Gasteiger partial charge < -0.3 is 5.11 Å². The van der Waals surface area contributed by atoms with E-state index in [9.17, 15) is 26.7 Å². The second-order valence-corrected chi connectivity index (χ2v) is 5.45. The largest absolute Gasteiger partial charge is 0.481 e. The molecule has 0 aliphatic heterocycles. The first-order valence-electron chi connectivity index (χ1n) is 6.21. The minimum absolute atomic E-state index is 0.214. The Labute approximate surface area is 136 Å². The molecule has 1 N–H and O–H groups in total. The Kier molecular flexibility index (Phi) is 5.02. The van der Waals surface area contributed by atoms with E-state index in [0.717, 1.165) is 0 Å². The van der Waals surface area contributed by atoms with Gasteiger partial charge in [-0.05, 0) is 13.0 Å². The molecule has 0 bridgehead atoms. The maximum atomic E-state index is 13.9. The van der Waals surface area contributed by atoms with Gasteiger partial charge in [-0.3, -0.25) is 4.79 Å². The molecule has 128 valence electrons. The van der Waals surface area contributed by atoms with Gasteiger partial charge in [0, 0.05) is 6.20 Å². The van der Waals surface area contributed by atoms with E-state index in [0.29, 0.717) is 18.0 Å². The zero-order valence-corrected chi connectivity index (χ0v) is 12.7. The number of halogens is 5. The number of rotatable bonds is 4. The highest BCUT2D eigenvalue weighted by Gasteiger charge is 2.32. The summed E-state index contributed by atoms with van der Waals surface area (Å²) in [4.78, 5) is 21.2. The van der Waals surface area contributed by atoms with E-state index in [1.807, 2.05) is 0 Å². The van der Waals surface area contributed by atoms with Crippen LogP contribution in [-0.4, -0.2) is 31.8 Å². The van der Waals surface area contributed by atoms with Crippen LogP contribution in [0.15, 0.2) is 17.3 Å². The zero-order valence-electron chi connectivity index (χ0n) is 11.9. The van der Waals surface area contributed by atoms with Crippen molar-refractivity contribution >= 4 is 17.7 Å². The standard InChI is InChI=1S/C13H8F5N3O2S/c1-5-9(15)12(24-4-8(22)23)21-11(20-5)10-7(14)2-6(3-19-10)13(16,17)18/h2-3H,4H2,1H3,(H,22,23). The molecule has 2 heterocycles. The molecule has 2 aromatic rings. The summed E-state index contributed by atoms with van der Waals surface area (Å²) in [5, 5.41) is 8.25. The van der Waals surface area contributed by atoms with E-state index in [2.05, 4.69) is 15.0 Å². The average molecular weight is 365 g/mol. The third kappa shape index (κ3) is 3.96. The van der Waals surface area contributed by atoms with Crippen LogP contribution in [0.25, 0.3) is 11.5 Å². The van der Waals surface area contributed by atoms with E-state index in [4.69, 9.17) is 5.11 Å². The minimum Gasteiger partial charge on any atom is -0.481 e. The van der Waals surface area contributed by atoms with Crippen molar-refractivity contribution in [3.63, 3.8) is 0 Å². The number of carbonyl (C=O) groups is 1. The summed E-state index contributed by atoms with van der Waals surface area (Å²) in [5.41, 5.74) is -2.10. The molecule has 24 heavy (non-hydrogen) atoms. The van der Waals surface area contributed by atoms with Crippen molar-refractivity contribution < 1.29 is 31.9 Å². The number of thioether (sulfide) groups is 1. The van der Waals surface area contributed by atoms with Gasteiger partial charge in [0.15, 0.2) is 17.5 Å². The van der Waals surface area contributed by atoms with Gasteiger partial charge in [-0.15, -0.1) is 0 Å². The predicted octanol–water partition coefficient (Wildman–Crippen LogP) is 3.32. The summed E-state index contributed by atoms with van der Waals surface area (Å²) < 4.78 is 65.3. The number of hydrogen-bond donors (Lipinski definition) is 1. The van der Waals surface area contributed by atoms with Crippen molar-refractivity contribution in [2.45, 2.75) is 18.1 Å². The molecule has 0 unspecified atom stereocenters. The van der Waals surface area contributed by atoms with Gasteiger partial charge in [-0.2, -0.15) is 13.2 Å². The number of pyridine rings is 1. The number of carboxylic acid groups (broad SMARTS) is 1. The molecule has 0 spiro atoms. The lowest BCUT2D eigenvalue weighted by Gasteiger charge is -2.09. The SMILES string of the molecule is Cc1nc(-c2ncc(C(F)(F)F)cc2F)nc(SCC(=O)O)c1F. The van der Waals surface area contributed by atoms with Gasteiger partial charge in [-0.25, -0.2) is 23.7 Å². The molecule has 0 radical (unpaired) electrons. The normalized spacial score (nSPS) is 11.6. The molecule has 0 saturated carbocycles. The van der Waals surface area contributed by atoms with Crippen LogP contribution < -0.4 is 0 Å². The van der Waals surface area contributed by atoms with Crippen molar-refractivity contribution in [1.82, 2.24) is 15.0 Å². The lowest BCUT2D eigenvalue weighted by molar-refractivity contribution is -0.138. The van der Waals surface area contributed by atoms with Crippen LogP contribution in [0.3, 0.4) is 0 Å². The molecule has 2 rings (SSSR count). The Bertz CT molecular complexity index is 798.